The minimum Gasteiger partial charge on any atom is -0.383 e. The van der Waals surface area contributed by atoms with Gasteiger partial charge in [-0.15, -0.1) is 0 Å². The molecule has 0 spiro atoms. The third-order valence-electron chi connectivity index (χ3n) is 3.40. The molecule has 2 aromatic rings. The molecule has 1 aliphatic carbocycles. The monoisotopic (exact) mass is 263 g/mol. The summed E-state index contributed by atoms with van der Waals surface area (Å²) in [6.45, 7) is 2.16. The summed E-state index contributed by atoms with van der Waals surface area (Å²) in [6.07, 6.45) is 2.38. The summed E-state index contributed by atoms with van der Waals surface area (Å²) in [5.41, 5.74) is 1.78. The molecule has 1 N–H and O–H groups in total. The van der Waals surface area contributed by atoms with Crippen LogP contribution in [-0.4, -0.2) is 29.8 Å². The maximum Gasteiger partial charge on any atom is 0.125 e. The molecule has 19 heavy (non-hydrogen) atoms. The van der Waals surface area contributed by atoms with E-state index in [0.717, 1.165) is 23.4 Å². The van der Waals surface area contributed by atoms with E-state index in [0.29, 0.717) is 19.2 Å². The zero-order valence-electron chi connectivity index (χ0n) is 11.0. The van der Waals surface area contributed by atoms with Crippen LogP contribution in [0, 0.1) is 5.82 Å². The summed E-state index contributed by atoms with van der Waals surface area (Å²) in [6, 6.07) is 5.38. The zero-order valence-corrected chi connectivity index (χ0v) is 11.0. The molecule has 0 saturated heterocycles. The standard InChI is InChI=1S/C14H18FN3O/c1-19-7-6-16-9-14-17-12-8-10(15)2-5-13(12)18(14)11-3-4-11/h2,5,8,11,16H,3-4,6-7,9H2,1H3. The van der Waals surface area contributed by atoms with E-state index in [1.165, 1.54) is 25.0 Å². The van der Waals surface area contributed by atoms with Crippen molar-refractivity contribution in [2.45, 2.75) is 25.4 Å². The van der Waals surface area contributed by atoms with Crippen LogP contribution in [-0.2, 0) is 11.3 Å². The van der Waals surface area contributed by atoms with Crippen molar-refractivity contribution in [2.24, 2.45) is 0 Å². The third-order valence-corrected chi connectivity index (χ3v) is 3.40. The van der Waals surface area contributed by atoms with Gasteiger partial charge in [0.2, 0.25) is 0 Å². The van der Waals surface area contributed by atoms with Crippen LogP contribution < -0.4 is 5.32 Å². The van der Waals surface area contributed by atoms with Gasteiger partial charge in [0.25, 0.3) is 0 Å². The lowest BCUT2D eigenvalue weighted by molar-refractivity contribution is 0.199. The number of nitrogens with one attached hydrogen (secondary N) is 1. The van der Waals surface area contributed by atoms with Crippen LogP contribution in [0.5, 0.6) is 0 Å². The summed E-state index contributed by atoms with van der Waals surface area (Å²) in [7, 11) is 1.68. The van der Waals surface area contributed by atoms with E-state index < -0.39 is 0 Å². The Hall–Kier alpha value is -1.46. The fraction of sp³-hybridized carbons (Fsp3) is 0.500. The van der Waals surface area contributed by atoms with E-state index in [-0.39, 0.29) is 5.82 Å². The Morgan fingerprint density at radius 1 is 1.47 bits per heavy atom. The molecule has 1 saturated carbocycles. The normalized spacial score (nSPS) is 15.3. The number of imidazole rings is 1. The van der Waals surface area contributed by atoms with Crippen molar-refractivity contribution in [3.8, 4) is 0 Å². The van der Waals surface area contributed by atoms with Crippen LogP contribution in [0.1, 0.15) is 24.7 Å². The SMILES string of the molecule is COCCNCc1nc2cc(F)ccc2n1C1CC1. The van der Waals surface area contributed by atoms with Crippen LogP contribution in [0.15, 0.2) is 18.2 Å². The Balaban J connectivity index is 1.87. The third kappa shape index (κ3) is 2.62. The zero-order chi connectivity index (χ0) is 13.2. The maximum atomic E-state index is 13.3. The van der Waals surface area contributed by atoms with Crippen LogP contribution in [0.3, 0.4) is 0 Å². The summed E-state index contributed by atoms with van der Waals surface area (Å²) >= 11 is 0. The van der Waals surface area contributed by atoms with Crippen LogP contribution in [0.4, 0.5) is 4.39 Å². The van der Waals surface area contributed by atoms with Crippen molar-refractivity contribution in [3.05, 3.63) is 29.8 Å². The summed E-state index contributed by atoms with van der Waals surface area (Å²) in [5, 5.41) is 3.30. The molecule has 1 aliphatic rings. The van der Waals surface area contributed by atoms with Gasteiger partial charge in [-0.25, -0.2) is 9.37 Å². The molecular formula is C14H18FN3O. The molecule has 3 rings (SSSR count). The van der Waals surface area contributed by atoms with E-state index in [2.05, 4.69) is 14.9 Å². The predicted molar refractivity (Wildman–Crippen MR) is 71.5 cm³/mol. The van der Waals surface area contributed by atoms with E-state index >= 15 is 0 Å². The average Bonchev–Trinajstić information content (AvgIpc) is 3.16. The largest absolute Gasteiger partial charge is 0.383 e. The lowest BCUT2D eigenvalue weighted by atomic mass is 10.3. The number of ether oxygens (including phenoxy) is 1. The fourth-order valence-electron chi connectivity index (χ4n) is 2.36. The summed E-state index contributed by atoms with van der Waals surface area (Å²) in [5.74, 6) is 0.756. The lowest BCUT2D eigenvalue weighted by Gasteiger charge is -2.08. The topological polar surface area (TPSA) is 39.1 Å². The fourth-order valence-corrected chi connectivity index (χ4v) is 2.36. The Labute approximate surface area is 111 Å². The summed E-state index contributed by atoms with van der Waals surface area (Å²) < 4.78 is 20.5. The molecule has 0 bridgehead atoms. The minimum atomic E-state index is -0.230. The van der Waals surface area contributed by atoms with E-state index in [9.17, 15) is 4.39 Å². The maximum absolute atomic E-state index is 13.3. The van der Waals surface area contributed by atoms with E-state index in [1.54, 1.807) is 7.11 Å². The molecular weight excluding hydrogens is 245 g/mol. The molecule has 0 unspecified atom stereocenters. The van der Waals surface area contributed by atoms with Crippen molar-refractivity contribution in [1.29, 1.82) is 0 Å². The molecule has 1 heterocycles. The lowest BCUT2D eigenvalue weighted by Crippen LogP contribution is -2.21. The molecule has 1 aromatic carbocycles. The molecule has 102 valence electrons. The van der Waals surface area contributed by atoms with Crippen LogP contribution in [0.2, 0.25) is 0 Å². The first kappa shape index (κ1) is 12.6. The number of aromatic nitrogens is 2. The van der Waals surface area contributed by atoms with Gasteiger partial charge in [-0.3, -0.25) is 0 Å². The molecule has 0 aliphatic heterocycles. The van der Waals surface area contributed by atoms with Crippen molar-refractivity contribution in [2.75, 3.05) is 20.3 Å². The number of rotatable bonds is 6. The molecule has 0 amide bonds. The van der Waals surface area contributed by atoms with Gasteiger partial charge in [0, 0.05) is 25.8 Å². The second kappa shape index (κ2) is 5.27. The first-order valence-corrected chi connectivity index (χ1v) is 6.65. The van der Waals surface area contributed by atoms with E-state index in [4.69, 9.17) is 4.74 Å². The number of halogens is 1. The highest BCUT2D eigenvalue weighted by Gasteiger charge is 2.27. The van der Waals surface area contributed by atoms with Gasteiger partial charge in [0.1, 0.15) is 11.6 Å². The van der Waals surface area contributed by atoms with Gasteiger partial charge in [-0.2, -0.15) is 0 Å². The predicted octanol–water partition coefficient (Wildman–Crippen LogP) is 2.25. The Morgan fingerprint density at radius 3 is 3.05 bits per heavy atom. The molecule has 0 atom stereocenters. The van der Waals surface area contributed by atoms with Crippen LogP contribution in [0.25, 0.3) is 11.0 Å². The van der Waals surface area contributed by atoms with Gasteiger partial charge >= 0.3 is 0 Å². The van der Waals surface area contributed by atoms with Gasteiger partial charge in [-0.05, 0) is 25.0 Å². The van der Waals surface area contributed by atoms with Gasteiger partial charge < -0.3 is 14.6 Å². The number of fused-ring (bicyclic) bond motifs is 1. The summed E-state index contributed by atoms with van der Waals surface area (Å²) in [4.78, 5) is 4.55. The first-order valence-electron chi connectivity index (χ1n) is 6.65. The van der Waals surface area contributed by atoms with Crippen molar-refractivity contribution in [3.63, 3.8) is 0 Å². The molecule has 4 nitrogen and oxygen atoms in total. The number of hydrogen-bond donors (Lipinski definition) is 1. The first-order chi connectivity index (χ1) is 9.29. The van der Waals surface area contributed by atoms with Gasteiger partial charge in [0.15, 0.2) is 0 Å². The second-order valence-corrected chi connectivity index (χ2v) is 4.93. The highest BCUT2D eigenvalue weighted by Crippen LogP contribution is 2.38. The smallest absolute Gasteiger partial charge is 0.125 e. The van der Waals surface area contributed by atoms with Gasteiger partial charge in [-0.1, -0.05) is 0 Å². The Kier molecular flexibility index (Phi) is 3.48. The van der Waals surface area contributed by atoms with E-state index in [1.807, 2.05) is 6.07 Å². The number of benzene rings is 1. The van der Waals surface area contributed by atoms with Crippen molar-refractivity contribution in [1.82, 2.24) is 14.9 Å². The minimum absolute atomic E-state index is 0.230. The Morgan fingerprint density at radius 2 is 2.32 bits per heavy atom. The van der Waals surface area contributed by atoms with Crippen LogP contribution >= 0.6 is 0 Å². The highest BCUT2D eigenvalue weighted by atomic mass is 19.1. The number of hydrogen-bond acceptors (Lipinski definition) is 3. The van der Waals surface area contributed by atoms with Crippen molar-refractivity contribution >= 4 is 11.0 Å². The quantitative estimate of drug-likeness (QED) is 0.812. The Bertz CT molecular complexity index is 577. The number of nitrogens with zero attached hydrogens (tertiary/aromatic N) is 2. The molecule has 1 fully saturated rings. The average molecular weight is 263 g/mol. The van der Waals surface area contributed by atoms with Crippen molar-refractivity contribution < 1.29 is 9.13 Å². The molecule has 0 radical (unpaired) electrons. The molecule has 5 heteroatoms. The highest BCUT2D eigenvalue weighted by molar-refractivity contribution is 5.76. The van der Waals surface area contributed by atoms with Gasteiger partial charge in [0.05, 0.1) is 24.2 Å². The molecule has 1 aromatic heterocycles. The second-order valence-electron chi connectivity index (χ2n) is 4.93. The number of methoxy groups -OCH3 is 1.